The van der Waals surface area contributed by atoms with Crippen LogP contribution in [-0.4, -0.2) is 135 Å². The summed E-state index contributed by atoms with van der Waals surface area (Å²) in [5, 5.41) is 0. The molecule has 0 bridgehead atoms. The average molecular weight is 665 g/mol. The van der Waals surface area contributed by atoms with Gasteiger partial charge in [-0.3, -0.25) is 4.90 Å². The number of fused-ring (bicyclic) bond motifs is 1. The smallest absolute Gasteiger partial charge is 0.152 e. The van der Waals surface area contributed by atoms with Crippen molar-refractivity contribution < 1.29 is 18.6 Å². The summed E-state index contributed by atoms with van der Waals surface area (Å²) in [7, 11) is 10.7. The van der Waals surface area contributed by atoms with E-state index in [1.165, 1.54) is 134 Å². The Kier molecular flexibility index (Phi) is 15.9. The van der Waals surface area contributed by atoms with Crippen LogP contribution in [0.2, 0.25) is 0 Å². The van der Waals surface area contributed by atoms with Crippen molar-refractivity contribution in [3.8, 4) is 0 Å². The molecule has 0 radical (unpaired) electrons. The van der Waals surface area contributed by atoms with E-state index in [1.807, 2.05) is 0 Å². The van der Waals surface area contributed by atoms with Gasteiger partial charge in [-0.05, 0) is 89.8 Å². The van der Waals surface area contributed by atoms with Gasteiger partial charge in [0.2, 0.25) is 0 Å². The lowest BCUT2D eigenvalue weighted by atomic mass is 9.78. The molecule has 7 unspecified atom stereocenters. The predicted octanol–water partition coefficient (Wildman–Crippen LogP) is 6.55. The van der Waals surface area contributed by atoms with Gasteiger partial charge in [-0.1, -0.05) is 47.3 Å². The summed E-state index contributed by atoms with van der Waals surface area (Å²) in [4.78, 5) is 4.77. The van der Waals surface area contributed by atoms with Gasteiger partial charge in [0.15, 0.2) is 13.1 Å². The average Bonchev–Trinajstić information content (AvgIpc) is 3.05. The van der Waals surface area contributed by atoms with Crippen molar-refractivity contribution in [1.82, 2.24) is 9.80 Å². The molecule has 2 saturated carbocycles. The van der Waals surface area contributed by atoms with Crippen molar-refractivity contribution in [2.45, 2.75) is 115 Å². The molecule has 6 nitrogen and oxygen atoms in total. The molecule has 0 amide bonds. The number of likely N-dealkylation sites (N-methyl/N-ethyl adjacent to an activating group) is 2. The zero-order valence-electron chi connectivity index (χ0n) is 29.3. The Bertz CT molecular complexity index is 917. The molecule has 2 aliphatic carbocycles. The summed E-state index contributed by atoms with van der Waals surface area (Å²) in [6, 6.07) is 0.688. The zero-order valence-corrected chi connectivity index (χ0v) is 30.9. The second-order valence-electron chi connectivity index (χ2n) is 15.5. The van der Waals surface area contributed by atoms with Gasteiger partial charge in [-0.25, -0.2) is 9.15 Å². The molecule has 8 heteroatoms. The van der Waals surface area contributed by atoms with E-state index in [-0.39, 0.29) is 0 Å². The fraction of sp³-hybridized carbons (Fsp3) is 0.946. The normalized spacial score (nSPS) is 33.1. The minimum atomic E-state index is 0.505. The third kappa shape index (κ3) is 12.7. The molecule has 5 aliphatic rings. The van der Waals surface area contributed by atoms with Crippen molar-refractivity contribution in [3.63, 3.8) is 0 Å². The van der Waals surface area contributed by atoms with E-state index < -0.39 is 0 Å². The maximum absolute atomic E-state index is 6.20. The molecule has 0 aromatic carbocycles. The van der Waals surface area contributed by atoms with Gasteiger partial charge >= 0.3 is 0 Å². The molecule has 3 aliphatic heterocycles. The molecule has 5 rings (SSSR count). The van der Waals surface area contributed by atoms with Crippen molar-refractivity contribution in [2.75, 3.05) is 85.1 Å². The van der Waals surface area contributed by atoms with Crippen molar-refractivity contribution >= 4 is 34.0 Å². The van der Waals surface area contributed by atoms with Gasteiger partial charge < -0.3 is 14.4 Å². The van der Waals surface area contributed by atoms with Crippen LogP contribution in [0, 0.1) is 23.7 Å². The molecule has 7 atom stereocenters. The highest BCUT2D eigenvalue weighted by Gasteiger charge is 2.36. The minimum Gasteiger partial charge on any atom is -0.377 e. The lowest BCUT2D eigenvalue weighted by Crippen LogP contribution is -2.52. The number of morpholine rings is 1. The molecule has 0 aromatic heterocycles. The lowest BCUT2D eigenvalue weighted by molar-refractivity contribution is -0.525. The topological polar surface area (TPSA) is 31.0 Å². The first-order valence-electron chi connectivity index (χ1n) is 19.0. The Labute approximate surface area is 284 Å². The summed E-state index contributed by atoms with van der Waals surface area (Å²) >= 11 is 0. The first kappa shape index (κ1) is 36.2. The van der Waals surface area contributed by atoms with E-state index in [0.717, 1.165) is 50.0 Å². The molecule has 258 valence electrons. The van der Waals surface area contributed by atoms with Gasteiger partial charge in [0, 0.05) is 44.8 Å². The van der Waals surface area contributed by atoms with Gasteiger partial charge in [0.25, 0.3) is 0 Å². The number of rotatable bonds is 17. The first-order chi connectivity index (χ1) is 22.0. The summed E-state index contributed by atoms with van der Waals surface area (Å²) < 4.78 is 17.6. The fourth-order valence-electron chi connectivity index (χ4n) is 8.72. The Hall–Kier alpha value is -0.120. The maximum Gasteiger partial charge on any atom is 0.152 e. The molecule has 0 aromatic rings. The number of nitrogens with zero attached hydrogens (tertiary/aromatic N) is 4. The van der Waals surface area contributed by atoms with Crippen molar-refractivity contribution in [2.24, 2.45) is 23.7 Å². The largest absolute Gasteiger partial charge is 0.377 e. The van der Waals surface area contributed by atoms with E-state index >= 15 is 0 Å². The SMILES string of the molecule is CN(C)CCOC1CCCC(CCC2CC=[N+](CCSSCC[N+]3=CCC(CCC4CCC5C(C4)OCCN5C)CC3)CC2)C1. The van der Waals surface area contributed by atoms with Crippen molar-refractivity contribution in [3.05, 3.63) is 0 Å². The second-order valence-corrected chi connectivity index (χ2v) is 18.2. The van der Waals surface area contributed by atoms with Crippen LogP contribution in [0.25, 0.3) is 0 Å². The van der Waals surface area contributed by atoms with Crippen LogP contribution in [-0.2, 0) is 9.47 Å². The van der Waals surface area contributed by atoms with Gasteiger partial charge in [-0.15, -0.1) is 0 Å². The van der Waals surface area contributed by atoms with Crippen LogP contribution in [0.15, 0.2) is 0 Å². The van der Waals surface area contributed by atoms with E-state index in [1.54, 1.807) is 0 Å². The molecular formula is C37H68N4O2S2+2. The maximum atomic E-state index is 6.20. The molecule has 1 saturated heterocycles. The number of hydrogen-bond acceptors (Lipinski definition) is 6. The Balaban J connectivity index is 0.852. The quantitative estimate of drug-likeness (QED) is 0.0996. The third-order valence-corrected chi connectivity index (χ3v) is 14.2. The Morgan fingerprint density at radius 3 is 2.07 bits per heavy atom. The Morgan fingerprint density at radius 1 is 0.800 bits per heavy atom. The molecule has 45 heavy (non-hydrogen) atoms. The highest BCUT2D eigenvalue weighted by atomic mass is 33.1. The third-order valence-electron chi connectivity index (χ3n) is 11.9. The summed E-state index contributed by atoms with van der Waals surface area (Å²) in [5.41, 5.74) is 0. The minimum absolute atomic E-state index is 0.505. The molecular weight excluding hydrogens is 597 g/mol. The van der Waals surface area contributed by atoms with Gasteiger partial charge in [0.05, 0.1) is 36.9 Å². The summed E-state index contributed by atoms with van der Waals surface area (Å²) in [6.07, 6.45) is 26.6. The van der Waals surface area contributed by atoms with Gasteiger partial charge in [0.1, 0.15) is 25.5 Å². The van der Waals surface area contributed by atoms with Crippen LogP contribution in [0.4, 0.5) is 0 Å². The van der Waals surface area contributed by atoms with Crippen LogP contribution in [0.5, 0.6) is 0 Å². The van der Waals surface area contributed by atoms with Crippen molar-refractivity contribution in [1.29, 1.82) is 0 Å². The second kappa shape index (κ2) is 19.8. The molecule has 3 heterocycles. The number of hydrogen-bond donors (Lipinski definition) is 0. The molecule has 0 spiro atoms. The van der Waals surface area contributed by atoms with E-state index in [2.05, 4.69) is 74.1 Å². The van der Waals surface area contributed by atoms with Crippen LogP contribution in [0.1, 0.15) is 96.3 Å². The van der Waals surface area contributed by atoms with Crippen LogP contribution >= 0.6 is 21.6 Å². The molecule has 0 N–H and O–H groups in total. The predicted molar refractivity (Wildman–Crippen MR) is 195 cm³/mol. The highest BCUT2D eigenvalue weighted by molar-refractivity contribution is 8.76. The van der Waals surface area contributed by atoms with Gasteiger partial charge in [-0.2, -0.15) is 0 Å². The summed E-state index contributed by atoms with van der Waals surface area (Å²) in [5.74, 6) is 6.11. The first-order valence-corrected chi connectivity index (χ1v) is 21.5. The molecule has 3 fully saturated rings. The van der Waals surface area contributed by atoms with Crippen LogP contribution in [0.3, 0.4) is 0 Å². The highest BCUT2D eigenvalue weighted by Crippen LogP contribution is 2.36. The van der Waals surface area contributed by atoms with E-state index in [4.69, 9.17) is 9.47 Å². The van der Waals surface area contributed by atoms with Crippen LogP contribution < -0.4 is 0 Å². The number of ether oxygens (including phenoxy) is 2. The fourth-order valence-corrected chi connectivity index (χ4v) is 10.7. The monoisotopic (exact) mass is 664 g/mol. The standard InChI is InChI=1S/C37H68N4O2S2/c1-38(2)21-25-42-35-6-4-5-33(29-35)9-7-31-13-17-40(18-14-31)23-27-44-45-28-24-41-19-15-32(16-20-41)8-10-34-11-12-36-37(30-34)43-26-22-39(36)3/h17,19,31-37H,4-16,18,20-30H2,1-3H3/q+2. The van der Waals surface area contributed by atoms with E-state index in [0.29, 0.717) is 18.2 Å². The zero-order chi connectivity index (χ0) is 31.3. The lowest BCUT2D eigenvalue weighted by Gasteiger charge is -2.44. The summed E-state index contributed by atoms with van der Waals surface area (Å²) in [6.45, 7) is 8.98. The Morgan fingerprint density at radius 2 is 1.44 bits per heavy atom. The van der Waals surface area contributed by atoms with E-state index in [9.17, 15) is 0 Å².